The van der Waals surface area contributed by atoms with Gasteiger partial charge in [0.05, 0.1) is 6.42 Å². The summed E-state index contributed by atoms with van der Waals surface area (Å²) >= 11 is 6.23. The number of benzene rings is 2. The Bertz CT molecular complexity index is 860. The number of piperidine rings is 1. The predicted octanol–water partition coefficient (Wildman–Crippen LogP) is 3.73. The molecule has 2 aliphatic heterocycles. The fraction of sp³-hybridized carbons (Fsp3) is 0.409. The van der Waals surface area contributed by atoms with Gasteiger partial charge >= 0.3 is 5.97 Å². The predicted molar refractivity (Wildman–Crippen MR) is 109 cm³/mol. The van der Waals surface area contributed by atoms with Crippen LogP contribution in [-0.4, -0.2) is 41.8 Å². The zero-order valence-electron chi connectivity index (χ0n) is 15.9. The molecule has 0 spiro atoms. The highest BCUT2D eigenvalue weighted by molar-refractivity contribution is 6.30. The highest BCUT2D eigenvalue weighted by atomic mass is 35.5. The molecular weight excluding hydrogens is 376 g/mol. The van der Waals surface area contributed by atoms with E-state index < -0.39 is 11.7 Å². The third-order valence-electron chi connectivity index (χ3n) is 5.95. The molecule has 0 saturated carbocycles. The SMILES string of the molecule is CN1CCC2(NCc3ccccc3)Oc3ccc(Cl)cc3C(CC(=O)O)C2C1. The molecule has 2 heterocycles. The third kappa shape index (κ3) is 3.75. The van der Waals surface area contributed by atoms with Crippen molar-refractivity contribution in [2.24, 2.45) is 5.92 Å². The molecule has 0 aliphatic carbocycles. The van der Waals surface area contributed by atoms with Crippen molar-refractivity contribution in [3.63, 3.8) is 0 Å². The first-order valence-electron chi connectivity index (χ1n) is 9.64. The van der Waals surface area contributed by atoms with Crippen LogP contribution in [0.1, 0.15) is 29.9 Å². The van der Waals surface area contributed by atoms with Gasteiger partial charge in [-0.05, 0) is 36.4 Å². The summed E-state index contributed by atoms with van der Waals surface area (Å²) in [6.45, 7) is 2.33. The van der Waals surface area contributed by atoms with Crippen LogP contribution in [-0.2, 0) is 11.3 Å². The Balaban J connectivity index is 1.72. The van der Waals surface area contributed by atoms with E-state index in [4.69, 9.17) is 16.3 Å². The van der Waals surface area contributed by atoms with Gasteiger partial charge in [0, 0.05) is 42.9 Å². The number of nitrogens with one attached hydrogen (secondary N) is 1. The van der Waals surface area contributed by atoms with E-state index in [0.29, 0.717) is 11.6 Å². The maximum atomic E-state index is 11.7. The zero-order valence-corrected chi connectivity index (χ0v) is 16.7. The van der Waals surface area contributed by atoms with Gasteiger partial charge in [-0.25, -0.2) is 0 Å². The van der Waals surface area contributed by atoms with Crippen molar-refractivity contribution < 1.29 is 14.6 Å². The second kappa shape index (κ2) is 7.74. The van der Waals surface area contributed by atoms with Gasteiger partial charge in [0.15, 0.2) is 5.72 Å². The fourth-order valence-electron chi connectivity index (χ4n) is 4.55. The molecule has 0 aromatic heterocycles. The Hall–Kier alpha value is -2.08. The van der Waals surface area contributed by atoms with Crippen LogP contribution in [0, 0.1) is 5.92 Å². The Labute approximate surface area is 170 Å². The minimum absolute atomic E-state index is 0.0111. The van der Waals surface area contributed by atoms with Crippen LogP contribution in [0.4, 0.5) is 0 Å². The molecule has 2 N–H and O–H groups in total. The van der Waals surface area contributed by atoms with Crippen molar-refractivity contribution in [2.75, 3.05) is 20.1 Å². The molecule has 1 fully saturated rings. The minimum Gasteiger partial charge on any atom is -0.481 e. The lowest BCUT2D eigenvalue weighted by atomic mass is 9.71. The average molecular weight is 401 g/mol. The number of halogens is 1. The number of fused-ring (bicyclic) bond motifs is 2. The topological polar surface area (TPSA) is 61.8 Å². The van der Waals surface area contributed by atoms with E-state index in [2.05, 4.69) is 29.4 Å². The Morgan fingerprint density at radius 1 is 1.32 bits per heavy atom. The van der Waals surface area contributed by atoms with Gasteiger partial charge in [-0.2, -0.15) is 0 Å². The van der Waals surface area contributed by atoms with E-state index in [1.54, 1.807) is 6.07 Å². The van der Waals surface area contributed by atoms with Crippen LogP contribution < -0.4 is 10.1 Å². The van der Waals surface area contributed by atoms with Gasteiger partial charge in [0.1, 0.15) is 5.75 Å². The van der Waals surface area contributed by atoms with Crippen molar-refractivity contribution in [2.45, 2.75) is 31.0 Å². The average Bonchev–Trinajstić information content (AvgIpc) is 2.68. The maximum absolute atomic E-state index is 11.7. The lowest BCUT2D eigenvalue weighted by Gasteiger charge is -2.53. The second-order valence-electron chi connectivity index (χ2n) is 7.84. The number of carboxylic acids is 1. The number of ether oxygens (including phenoxy) is 1. The van der Waals surface area contributed by atoms with Gasteiger partial charge in [-0.1, -0.05) is 41.9 Å². The lowest BCUT2D eigenvalue weighted by Crippen LogP contribution is -2.65. The number of carbonyl (C=O) groups is 1. The van der Waals surface area contributed by atoms with Gasteiger partial charge in [-0.3, -0.25) is 10.1 Å². The molecule has 2 aromatic rings. The number of hydrogen-bond donors (Lipinski definition) is 2. The van der Waals surface area contributed by atoms with Gasteiger partial charge in [0.25, 0.3) is 0 Å². The first kappa shape index (κ1) is 19.2. The molecule has 3 unspecified atom stereocenters. The monoisotopic (exact) mass is 400 g/mol. The van der Waals surface area contributed by atoms with Crippen molar-refractivity contribution >= 4 is 17.6 Å². The van der Waals surface area contributed by atoms with Gasteiger partial charge < -0.3 is 14.7 Å². The summed E-state index contributed by atoms with van der Waals surface area (Å²) in [7, 11) is 2.08. The zero-order chi connectivity index (χ0) is 19.7. The number of likely N-dealkylation sites (tertiary alicyclic amines) is 1. The molecule has 5 nitrogen and oxygen atoms in total. The van der Waals surface area contributed by atoms with Crippen molar-refractivity contribution in [1.29, 1.82) is 0 Å². The van der Waals surface area contributed by atoms with Crippen LogP contribution in [0.3, 0.4) is 0 Å². The molecule has 1 saturated heterocycles. The molecule has 2 aromatic carbocycles. The summed E-state index contributed by atoms with van der Waals surface area (Å²) in [5.74, 6) is -0.219. The Morgan fingerprint density at radius 3 is 2.86 bits per heavy atom. The van der Waals surface area contributed by atoms with E-state index in [-0.39, 0.29) is 18.3 Å². The third-order valence-corrected chi connectivity index (χ3v) is 6.19. The first-order chi connectivity index (χ1) is 13.5. The summed E-state index contributed by atoms with van der Waals surface area (Å²) in [5, 5.41) is 13.9. The van der Waals surface area contributed by atoms with Crippen LogP contribution in [0.25, 0.3) is 0 Å². The fourth-order valence-corrected chi connectivity index (χ4v) is 4.73. The smallest absolute Gasteiger partial charge is 0.303 e. The van der Waals surface area contributed by atoms with Gasteiger partial charge in [0.2, 0.25) is 0 Å². The summed E-state index contributed by atoms with van der Waals surface area (Å²) in [5.41, 5.74) is 1.48. The van der Waals surface area contributed by atoms with E-state index in [1.807, 2.05) is 30.3 Å². The normalized spacial score (nSPS) is 26.8. The quantitative estimate of drug-likeness (QED) is 0.800. The molecular formula is C22H25ClN2O3. The molecule has 2 aliphatic rings. The molecule has 0 amide bonds. The van der Waals surface area contributed by atoms with Crippen LogP contribution in [0.15, 0.2) is 48.5 Å². The molecule has 4 rings (SSSR count). The minimum atomic E-state index is -0.803. The van der Waals surface area contributed by atoms with Gasteiger partial charge in [-0.15, -0.1) is 0 Å². The van der Waals surface area contributed by atoms with Crippen LogP contribution in [0.2, 0.25) is 5.02 Å². The number of hydrogen-bond acceptors (Lipinski definition) is 4. The van der Waals surface area contributed by atoms with Crippen molar-refractivity contribution in [3.05, 3.63) is 64.7 Å². The largest absolute Gasteiger partial charge is 0.481 e. The summed E-state index contributed by atoms with van der Waals surface area (Å²) in [6.07, 6.45) is 0.850. The highest BCUT2D eigenvalue weighted by Gasteiger charge is 2.52. The van der Waals surface area contributed by atoms with Crippen LogP contribution >= 0.6 is 11.6 Å². The van der Waals surface area contributed by atoms with E-state index in [9.17, 15) is 9.90 Å². The number of aliphatic carboxylic acids is 1. The molecule has 28 heavy (non-hydrogen) atoms. The number of carboxylic acid groups (broad SMARTS) is 1. The van der Waals surface area contributed by atoms with Crippen molar-refractivity contribution in [1.82, 2.24) is 10.2 Å². The molecule has 0 radical (unpaired) electrons. The molecule has 6 heteroatoms. The van der Waals surface area contributed by atoms with Crippen LogP contribution in [0.5, 0.6) is 5.75 Å². The number of nitrogens with zero attached hydrogens (tertiary/aromatic N) is 1. The highest BCUT2D eigenvalue weighted by Crippen LogP contribution is 2.49. The van der Waals surface area contributed by atoms with E-state index >= 15 is 0 Å². The Kier molecular flexibility index (Phi) is 5.32. The standard InChI is InChI=1S/C22H25ClN2O3/c1-25-10-9-22(24-13-15-5-3-2-4-6-15)19(14-25)17(12-21(26)27)18-11-16(23)7-8-20(18)28-22/h2-8,11,17,19,24H,9-10,12-14H2,1H3,(H,26,27). The number of rotatable bonds is 5. The maximum Gasteiger partial charge on any atom is 0.303 e. The van der Waals surface area contributed by atoms with E-state index in [1.165, 1.54) is 5.56 Å². The van der Waals surface area contributed by atoms with Crippen molar-refractivity contribution in [3.8, 4) is 5.75 Å². The molecule has 3 atom stereocenters. The summed E-state index contributed by atoms with van der Waals surface area (Å²) in [6, 6.07) is 15.7. The Morgan fingerprint density at radius 2 is 2.11 bits per heavy atom. The first-order valence-corrected chi connectivity index (χ1v) is 10.0. The molecule has 148 valence electrons. The second-order valence-corrected chi connectivity index (χ2v) is 8.27. The molecule has 0 bridgehead atoms. The van der Waals surface area contributed by atoms with E-state index in [0.717, 1.165) is 30.8 Å². The summed E-state index contributed by atoms with van der Waals surface area (Å²) < 4.78 is 6.57. The lowest BCUT2D eigenvalue weighted by molar-refractivity contribution is -0.140. The summed E-state index contributed by atoms with van der Waals surface area (Å²) in [4.78, 5) is 13.9.